The molecule has 1 saturated heterocycles. The molecule has 1 aliphatic heterocycles. The minimum Gasteiger partial charge on any atom is -0.481 e. The lowest BCUT2D eigenvalue weighted by Crippen LogP contribution is -2.45. The van der Waals surface area contributed by atoms with E-state index in [1.807, 2.05) is 0 Å². The SMILES string of the molecule is CC(C)CCCCCCNC(=O)N1CCC(C(=O)O)CC1. The van der Waals surface area contributed by atoms with Crippen LogP contribution >= 0.6 is 0 Å². The molecule has 5 nitrogen and oxygen atoms in total. The number of hydrogen-bond acceptors (Lipinski definition) is 2. The highest BCUT2D eigenvalue weighted by molar-refractivity contribution is 5.75. The van der Waals surface area contributed by atoms with Crippen LogP contribution < -0.4 is 5.32 Å². The van der Waals surface area contributed by atoms with Crippen molar-refractivity contribution in [2.24, 2.45) is 11.8 Å². The van der Waals surface area contributed by atoms with E-state index in [9.17, 15) is 9.59 Å². The molecule has 1 fully saturated rings. The maximum Gasteiger partial charge on any atom is 0.317 e. The largest absolute Gasteiger partial charge is 0.481 e. The van der Waals surface area contributed by atoms with Gasteiger partial charge in [-0.05, 0) is 25.2 Å². The Morgan fingerprint density at radius 1 is 1.14 bits per heavy atom. The third kappa shape index (κ3) is 7.34. The summed E-state index contributed by atoms with van der Waals surface area (Å²) in [6, 6.07) is -0.0407. The molecule has 0 aromatic carbocycles. The first-order valence-corrected chi connectivity index (χ1v) is 8.26. The van der Waals surface area contributed by atoms with Crippen LogP contribution in [-0.4, -0.2) is 41.6 Å². The molecule has 21 heavy (non-hydrogen) atoms. The van der Waals surface area contributed by atoms with Gasteiger partial charge in [-0.1, -0.05) is 39.5 Å². The van der Waals surface area contributed by atoms with Crippen LogP contribution in [0.4, 0.5) is 4.79 Å². The van der Waals surface area contributed by atoms with Gasteiger partial charge in [0.05, 0.1) is 5.92 Å². The molecule has 0 aromatic heterocycles. The number of carboxylic acid groups (broad SMARTS) is 1. The molecule has 2 amide bonds. The molecule has 0 spiro atoms. The van der Waals surface area contributed by atoms with E-state index in [1.54, 1.807) is 4.90 Å². The van der Waals surface area contributed by atoms with Crippen LogP contribution in [0.3, 0.4) is 0 Å². The van der Waals surface area contributed by atoms with Gasteiger partial charge in [0.15, 0.2) is 0 Å². The topological polar surface area (TPSA) is 69.6 Å². The predicted octanol–water partition coefficient (Wildman–Crippen LogP) is 3.10. The van der Waals surface area contributed by atoms with E-state index >= 15 is 0 Å². The number of hydrogen-bond donors (Lipinski definition) is 2. The number of carbonyl (C=O) groups is 2. The summed E-state index contributed by atoms with van der Waals surface area (Å²) in [6.45, 7) is 6.31. The van der Waals surface area contributed by atoms with Gasteiger partial charge in [-0.2, -0.15) is 0 Å². The van der Waals surface area contributed by atoms with Gasteiger partial charge in [0.1, 0.15) is 0 Å². The molecule has 1 heterocycles. The third-order valence-corrected chi connectivity index (χ3v) is 4.12. The first-order chi connectivity index (χ1) is 10.0. The summed E-state index contributed by atoms with van der Waals surface area (Å²) < 4.78 is 0. The van der Waals surface area contributed by atoms with Crippen LogP contribution in [0.25, 0.3) is 0 Å². The summed E-state index contributed by atoms with van der Waals surface area (Å²) in [7, 11) is 0. The third-order valence-electron chi connectivity index (χ3n) is 4.12. The van der Waals surface area contributed by atoms with Crippen LogP contribution in [0.2, 0.25) is 0 Å². The average molecular weight is 298 g/mol. The fourth-order valence-corrected chi connectivity index (χ4v) is 2.67. The van der Waals surface area contributed by atoms with Crippen molar-refractivity contribution < 1.29 is 14.7 Å². The molecule has 122 valence electrons. The van der Waals surface area contributed by atoms with E-state index in [0.717, 1.165) is 25.3 Å². The molecule has 0 unspecified atom stereocenters. The second-order valence-corrected chi connectivity index (χ2v) is 6.43. The second-order valence-electron chi connectivity index (χ2n) is 6.43. The normalized spacial score (nSPS) is 16.2. The number of piperidine rings is 1. The molecule has 5 heteroatoms. The van der Waals surface area contributed by atoms with Crippen LogP contribution in [-0.2, 0) is 4.79 Å². The van der Waals surface area contributed by atoms with E-state index < -0.39 is 5.97 Å². The first-order valence-electron chi connectivity index (χ1n) is 8.26. The Bertz CT molecular complexity index is 323. The number of carbonyl (C=O) groups excluding carboxylic acids is 1. The van der Waals surface area contributed by atoms with Crippen molar-refractivity contribution >= 4 is 12.0 Å². The molecular weight excluding hydrogens is 268 g/mol. The number of rotatable bonds is 8. The van der Waals surface area contributed by atoms with Crippen LogP contribution in [0, 0.1) is 11.8 Å². The Balaban J connectivity index is 2.03. The zero-order valence-corrected chi connectivity index (χ0v) is 13.4. The first kappa shape index (κ1) is 17.8. The fraction of sp³-hybridized carbons (Fsp3) is 0.875. The number of unbranched alkanes of at least 4 members (excludes halogenated alkanes) is 3. The van der Waals surface area contributed by atoms with E-state index in [1.165, 1.54) is 19.3 Å². The summed E-state index contributed by atoms with van der Waals surface area (Å²) in [5, 5.41) is 11.9. The smallest absolute Gasteiger partial charge is 0.317 e. The van der Waals surface area contributed by atoms with Crippen molar-refractivity contribution in [3.05, 3.63) is 0 Å². The minimum atomic E-state index is -0.739. The van der Waals surface area contributed by atoms with Gasteiger partial charge in [-0.3, -0.25) is 4.79 Å². The summed E-state index contributed by atoms with van der Waals surface area (Å²) in [4.78, 5) is 24.5. The summed E-state index contributed by atoms with van der Waals surface area (Å²) >= 11 is 0. The number of nitrogens with one attached hydrogen (secondary N) is 1. The molecule has 0 saturated carbocycles. The number of likely N-dealkylation sites (tertiary alicyclic amines) is 1. The highest BCUT2D eigenvalue weighted by atomic mass is 16.4. The standard InChI is InChI=1S/C16H30N2O3/c1-13(2)7-5-3-4-6-10-17-16(21)18-11-8-14(9-12-18)15(19)20/h13-14H,3-12H2,1-2H3,(H,17,21)(H,19,20). The van der Waals surface area contributed by atoms with Crippen LogP contribution in [0.5, 0.6) is 0 Å². The molecule has 1 rings (SSSR count). The number of aliphatic carboxylic acids is 1. The highest BCUT2D eigenvalue weighted by Gasteiger charge is 2.26. The minimum absolute atomic E-state index is 0.0407. The van der Waals surface area contributed by atoms with Gasteiger partial charge in [0.2, 0.25) is 0 Å². The molecule has 1 aliphatic rings. The van der Waals surface area contributed by atoms with Gasteiger partial charge in [-0.25, -0.2) is 4.79 Å². The number of amides is 2. The van der Waals surface area contributed by atoms with Crippen molar-refractivity contribution in [2.75, 3.05) is 19.6 Å². The highest BCUT2D eigenvalue weighted by Crippen LogP contribution is 2.17. The van der Waals surface area contributed by atoms with Crippen molar-refractivity contribution in [3.8, 4) is 0 Å². The van der Waals surface area contributed by atoms with E-state index in [-0.39, 0.29) is 11.9 Å². The van der Waals surface area contributed by atoms with Crippen molar-refractivity contribution in [3.63, 3.8) is 0 Å². The lowest BCUT2D eigenvalue weighted by Gasteiger charge is -2.30. The summed E-state index contributed by atoms with van der Waals surface area (Å²) in [5.74, 6) is -0.245. The Morgan fingerprint density at radius 2 is 1.76 bits per heavy atom. The lowest BCUT2D eigenvalue weighted by atomic mass is 9.97. The van der Waals surface area contributed by atoms with Crippen molar-refractivity contribution in [1.29, 1.82) is 0 Å². The van der Waals surface area contributed by atoms with Crippen molar-refractivity contribution in [1.82, 2.24) is 10.2 Å². The molecule has 0 bridgehead atoms. The average Bonchev–Trinajstić information content (AvgIpc) is 2.45. The molecule has 0 radical (unpaired) electrons. The van der Waals surface area contributed by atoms with Gasteiger partial charge in [0.25, 0.3) is 0 Å². The quantitative estimate of drug-likeness (QED) is 0.676. The van der Waals surface area contributed by atoms with Crippen LogP contribution in [0.15, 0.2) is 0 Å². The van der Waals surface area contributed by atoms with Gasteiger partial charge < -0.3 is 15.3 Å². The molecule has 0 atom stereocenters. The maximum atomic E-state index is 11.9. The monoisotopic (exact) mass is 298 g/mol. The fourth-order valence-electron chi connectivity index (χ4n) is 2.67. The zero-order valence-electron chi connectivity index (χ0n) is 13.4. The Kier molecular flexibility index (Phi) is 8.16. The van der Waals surface area contributed by atoms with Gasteiger partial charge in [0, 0.05) is 19.6 Å². The number of carboxylic acids is 1. The summed E-state index contributed by atoms with van der Waals surface area (Å²) in [5.41, 5.74) is 0. The lowest BCUT2D eigenvalue weighted by molar-refractivity contribution is -0.143. The number of nitrogens with zero attached hydrogens (tertiary/aromatic N) is 1. The zero-order chi connectivity index (χ0) is 15.7. The predicted molar refractivity (Wildman–Crippen MR) is 83.3 cm³/mol. The Hall–Kier alpha value is -1.26. The van der Waals surface area contributed by atoms with Crippen molar-refractivity contribution in [2.45, 2.75) is 58.8 Å². The Labute approximate surface area is 128 Å². The molecule has 2 N–H and O–H groups in total. The second kappa shape index (κ2) is 9.64. The summed E-state index contributed by atoms with van der Waals surface area (Å²) in [6.07, 6.45) is 7.11. The van der Waals surface area contributed by atoms with E-state index in [2.05, 4.69) is 19.2 Å². The molecule has 0 aromatic rings. The molecule has 0 aliphatic carbocycles. The Morgan fingerprint density at radius 3 is 2.33 bits per heavy atom. The van der Waals surface area contributed by atoms with E-state index in [4.69, 9.17) is 5.11 Å². The number of urea groups is 1. The maximum absolute atomic E-state index is 11.9. The van der Waals surface area contributed by atoms with Crippen LogP contribution in [0.1, 0.15) is 58.8 Å². The van der Waals surface area contributed by atoms with Gasteiger partial charge >= 0.3 is 12.0 Å². The van der Waals surface area contributed by atoms with E-state index in [0.29, 0.717) is 25.9 Å². The van der Waals surface area contributed by atoms with Gasteiger partial charge in [-0.15, -0.1) is 0 Å². The molecular formula is C16H30N2O3.